The van der Waals surface area contributed by atoms with Crippen LogP contribution in [0.5, 0.6) is 0 Å². The van der Waals surface area contributed by atoms with Crippen LogP contribution in [0, 0.1) is 0 Å². The van der Waals surface area contributed by atoms with Crippen LogP contribution in [-0.4, -0.2) is 63.5 Å². The highest BCUT2D eigenvalue weighted by Crippen LogP contribution is 2.36. The molecular weight excluding hydrogens is 707 g/mol. The summed E-state index contributed by atoms with van der Waals surface area (Å²) in [6.45, 7) is 3.40. The van der Waals surface area contributed by atoms with Crippen LogP contribution in [0.25, 0.3) is 0 Å². The van der Waals surface area contributed by atoms with Gasteiger partial charge >= 0.3 is 19.8 Å². The molecule has 0 radical (unpaired) electrons. The van der Waals surface area contributed by atoms with Crippen molar-refractivity contribution < 1.29 is 48.2 Å². The van der Waals surface area contributed by atoms with Gasteiger partial charge in [0.15, 0.2) is 6.10 Å². The summed E-state index contributed by atoms with van der Waals surface area (Å²) in [6, 6.07) is 0. The van der Waals surface area contributed by atoms with Crippen molar-refractivity contribution in [2.75, 3.05) is 13.2 Å². The second-order valence-electron chi connectivity index (χ2n) is 14.4. The predicted molar refractivity (Wildman–Crippen MR) is 219 cm³/mol. The van der Waals surface area contributed by atoms with Gasteiger partial charge in [0.25, 0.3) is 0 Å². The average Bonchev–Trinajstić information content (AvgIpc) is 3.13. The Labute approximate surface area is 328 Å². The Balaban J connectivity index is 4.14. The summed E-state index contributed by atoms with van der Waals surface area (Å²) >= 11 is 0. The fourth-order valence-corrected chi connectivity index (χ4v) is 6.18. The van der Waals surface area contributed by atoms with Crippen LogP contribution in [0.4, 0.5) is 0 Å². The second-order valence-corrected chi connectivity index (χ2v) is 15.6. The maximum absolute atomic E-state index is 12.4. The normalized spacial score (nSPS) is 14.1. The van der Waals surface area contributed by atoms with E-state index >= 15 is 0 Å². The Hall–Kier alpha value is -2.07. The van der Waals surface area contributed by atoms with E-state index in [1.807, 2.05) is 30.4 Å². The van der Waals surface area contributed by atoms with Crippen molar-refractivity contribution in [2.45, 2.75) is 199 Å². The summed E-state index contributed by atoms with van der Waals surface area (Å²) in [4.78, 5) is 42.9. The zero-order chi connectivity index (χ0) is 40.0. The monoisotopic (exact) mass is 785 g/mol. The van der Waals surface area contributed by atoms with Gasteiger partial charge in [-0.25, -0.2) is 4.57 Å². The van der Waals surface area contributed by atoms with Crippen LogP contribution in [0.1, 0.15) is 181 Å². The summed E-state index contributed by atoms with van der Waals surface area (Å²) in [5.74, 6) is -1.11. The number of carbonyl (C=O) groups excluding carboxylic acids is 2. The molecule has 0 aromatic carbocycles. The summed E-state index contributed by atoms with van der Waals surface area (Å²) < 4.78 is 26.2. The molecule has 0 aliphatic rings. The molecule has 3 atom stereocenters. The minimum absolute atomic E-state index is 0.0357. The number of aliphatic hydroxyl groups is 2. The van der Waals surface area contributed by atoms with Crippen molar-refractivity contribution in [2.24, 2.45) is 0 Å². The predicted octanol–water partition coefficient (Wildman–Crippen LogP) is 10.7. The van der Waals surface area contributed by atoms with E-state index in [-0.39, 0.29) is 19.4 Å². The Kier molecular flexibility index (Phi) is 36.4. The van der Waals surface area contributed by atoms with E-state index in [2.05, 4.69) is 18.4 Å². The number of allylic oxidation sites excluding steroid dienone is 6. The molecule has 0 saturated carbocycles. The standard InChI is InChI=1S/C43H77O10P/c1-3-5-7-8-9-10-11-12-13-14-15-16-17-18-22-25-29-35-42(46)51-37-41(38-52-54(48,49)50)53-43(47)36-30-34-40(45)33-28-24-21-19-20-23-27-32-39(44)31-26-6-4-2/h20-21,23-24,27-28,32-33,39-41,44-45H,3-19,22,25-26,29-31,34-38H2,1-2H3,(H2,48,49,50)/b23-20-,24-21-,32-27+,33-28+/t39-,40-,41-/m1/s1. The molecule has 4 N–H and O–H groups in total. The van der Waals surface area contributed by atoms with Crippen molar-refractivity contribution in [3.8, 4) is 0 Å². The summed E-state index contributed by atoms with van der Waals surface area (Å²) in [5.41, 5.74) is 0. The molecule has 0 fully saturated rings. The first-order chi connectivity index (χ1) is 26.1. The van der Waals surface area contributed by atoms with Gasteiger partial charge in [-0.2, -0.15) is 0 Å². The Morgan fingerprint density at radius 2 is 0.981 bits per heavy atom. The highest BCUT2D eigenvalue weighted by molar-refractivity contribution is 7.46. The molecule has 10 nitrogen and oxygen atoms in total. The van der Waals surface area contributed by atoms with Gasteiger partial charge in [-0.1, -0.05) is 184 Å². The van der Waals surface area contributed by atoms with Crippen LogP contribution >= 0.6 is 7.82 Å². The van der Waals surface area contributed by atoms with Gasteiger partial charge < -0.3 is 29.5 Å². The van der Waals surface area contributed by atoms with E-state index in [1.165, 1.54) is 83.5 Å². The number of phosphoric acid groups is 1. The van der Waals surface area contributed by atoms with E-state index in [0.29, 0.717) is 25.7 Å². The van der Waals surface area contributed by atoms with Crippen LogP contribution in [-0.2, 0) is 28.2 Å². The quantitative estimate of drug-likeness (QED) is 0.0205. The van der Waals surface area contributed by atoms with Gasteiger partial charge in [0.2, 0.25) is 0 Å². The molecule has 0 aromatic heterocycles. The highest BCUT2D eigenvalue weighted by Gasteiger charge is 2.23. The largest absolute Gasteiger partial charge is 0.469 e. The van der Waals surface area contributed by atoms with Crippen LogP contribution < -0.4 is 0 Å². The molecule has 0 saturated heterocycles. The third kappa shape index (κ3) is 39.6. The Morgan fingerprint density at radius 1 is 0.556 bits per heavy atom. The molecule has 0 spiro atoms. The molecular formula is C43H77O10P. The van der Waals surface area contributed by atoms with Gasteiger partial charge in [-0.05, 0) is 32.1 Å². The SMILES string of the molecule is CCCCCCCCCCCCCCCCCCCC(=O)OC[C@H](COP(=O)(O)O)OC(=O)CCC[C@H](O)/C=C/C=C\C/C=C\C=C\[C@H](O)CCCCC. The van der Waals surface area contributed by atoms with Gasteiger partial charge in [0.1, 0.15) is 6.61 Å². The number of rotatable bonds is 38. The Bertz CT molecular complexity index is 1050. The number of carbonyl (C=O) groups is 2. The smallest absolute Gasteiger partial charge is 0.462 e. The van der Waals surface area contributed by atoms with Crippen LogP contribution in [0.2, 0.25) is 0 Å². The molecule has 0 rings (SSSR count). The van der Waals surface area contributed by atoms with E-state index in [1.54, 1.807) is 18.2 Å². The summed E-state index contributed by atoms with van der Waals surface area (Å²) in [7, 11) is -4.82. The zero-order valence-electron chi connectivity index (χ0n) is 33.8. The van der Waals surface area contributed by atoms with E-state index < -0.39 is 44.7 Å². The second kappa shape index (κ2) is 37.8. The first kappa shape index (κ1) is 51.9. The fraction of sp³-hybridized carbons (Fsp3) is 0.767. The minimum Gasteiger partial charge on any atom is -0.462 e. The number of ether oxygens (including phenoxy) is 2. The van der Waals surface area contributed by atoms with Gasteiger partial charge in [-0.3, -0.25) is 14.1 Å². The van der Waals surface area contributed by atoms with Crippen molar-refractivity contribution in [1.82, 2.24) is 0 Å². The topological polar surface area (TPSA) is 160 Å². The van der Waals surface area contributed by atoms with Gasteiger partial charge in [-0.15, -0.1) is 0 Å². The molecule has 314 valence electrons. The summed E-state index contributed by atoms with van der Waals surface area (Å²) in [5, 5.41) is 20.1. The van der Waals surface area contributed by atoms with Crippen molar-refractivity contribution in [3.63, 3.8) is 0 Å². The zero-order valence-corrected chi connectivity index (χ0v) is 34.7. The molecule has 0 bridgehead atoms. The first-order valence-corrected chi connectivity index (χ1v) is 22.7. The van der Waals surface area contributed by atoms with Crippen molar-refractivity contribution in [1.29, 1.82) is 0 Å². The third-order valence-corrected chi connectivity index (χ3v) is 9.54. The number of unbranched alkanes of at least 4 members (excludes halogenated alkanes) is 18. The molecule has 0 aliphatic carbocycles. The lowest BCUT2D eigenvalue weighted by Gasteiger charge is -2.18. The van der Waals surface area contributed by atoms with E-state index in [0.717, 1.165) is 44.9 Å². The molecule has 0 aliphatic heterocycles. The number of hydrogen-bond donors (Lipinski definition) is 4. The lowest BCUT2D eigenvalue weighted by Crippen LogP contribution is -2.29. The Morgan fingerprint density at radius 3 is 1.46 bits per heavy atom. The lowest BCUT2D eigenvalue weighted by atomic mass is 10.0. The van der Waals surface area contributed by atoms with E-state index in [4.69, 9.17) is 19.3 Å². The maximum Gasteiger partial charge on any atom is 0.469 e. The van der Waals surface area contributed by atoms with Crippen molar-refractivity contribution >= 4 is 19.8 Å². The van der Waals surface area contributed by atoms with Gasteiger partial charge in [0.05, 0.1) is 18.8 Å². The molecule has 11 heteroatoms. The third-order valence-electron chi connectivity index (χ3n) is 9.06. The van der Waals surface area contributed by atoms with Crippen LogP contribution in [0.15, 0.2) is 48.6 Å². The molecule has 0 unspecified atom stereocenters. The fourth-order valence-electron chi connectivity index (χ4n) is 5.82. The summed E-state index contributed by atoms with van der Waals surface area (Å²) in [6.07, 6.45) is 39.0. The maximum atomic E-state index is 12.4. The van der Waals surface area contributed by atoms with E-state index in [9.17, 15) is 24.4 Å². The molecule has 0 aromatic rings. The van der Waals surface area contributed by atoms with Crippen LogP contribution in [0.3, 0.4) is 0 Å². The molecule has 54 heavy (non-hydrogen) atoms. The van der Waals surface area contributed by atoms with Crippen molar-refractivity contribution in [3.05, 3.63) is 48.6 Å². The average molecular weight is 785 g/mol. The first-order valence-electron chi connectivity index (χ1n) is 21.1. The minimum atomic E-state index is -4.82. The highest BCUT2D eigenvalue weighted by atomic mass is 31.2. The number of phosphoric ester groups is 1. The number of aliphatic hydroxyl groups excluding tert-OH is 2. The lowest BCUT2D eigenvalue weighted by molar-refractivity contribution is -0.161. The molecule has 0 amide bonds. The molecule has 0 heterocycles. The number of hydrogen-bond acceptors (Lipinski definition) is 8. The van der Waals surface area contributed by atoms with Gasteiger partial charge in [0, 0.05) is 12.8 Å². The number of esters is 2.